The number of rotatable bonds is 6. The summed E-state index contributed by atoms with van der Waals surface area (Å²) in [7, 11) is 1.72. The van der Waals surface area contributed by atoms with Crippen molar-refractivity contribution in [2.24, 2.45) is 11.8 Å². The highest BCUT2D eigenvalue weighted by Crippen LogP contribution is 2.40. The van der Waals surface area contributed by atoms with Crippen molar-refractivity contribution in [1.82, 2.24) is 5.32 Å². The number of halogens is 1. The number of nitrogens with one attached hydrogen (secondary N) is 1. The summed E-state index contributed by atoms with van der Waals surface area (Å²) in [4.78, 5) is 0. The lowest BCUT2D eigenvalue weighted by Crippen LogP contribution is -2.31. The summed E-state index contributed by atoms with van der Waals surface area (Å²) in [5.74, 6) is 3.24. The fraction of sp³-hybridized carbons (Fsp3) is 0.647. The van der Waals surface area contributed by atoms with Crippen molar-refractivity contribution in [3.05, 3.63) is 22.2 Å². The summed E-state index contributed by atoms with van der Waals surface area (Å²) in [6.07, 6.45) is 6.21. The maximum atomic E-state index is 6.13. The van der Waals surface area contributed by atoms with Crippen molar-refractivity contribution in [1.29, 1.82) is 0 Å². The Hall–Kier alpha value is -0.740. The van der Waals surface area contributed by atoms with Gasteiger partial charge in [0.25, 0.3) is 0 Å². The van der Waals surface area contributed by atoms with Gasteiger partial charge in [-0.25, -0.2) is 0 Å². The predicted molar refractivity (Wildman–Crippen MR) is 88.2 cm³/mol. The van der Waals surface area contributed by atoms with E-state index in [0.717, 1.165) is 48.0 Å². The summed E-state index contributed by atoms with van der Waals surface area (Å²) in [5.41, 5.74) is 1.27. The molecule has 0 bridgehead atoms. The molecule has 3 rings (SSSR count). The SMILES string of the molecule is COc1ccc(Br)c(CC2CCCNC2)c1OCC1CC1. The standard InChI is InChI=1S/C17H24BrNO2/c1-20-16-7-6-15(18)14(9-13-3-2-8-19-10-13)17(16)21-11-12-4-5-12/h6-7,12-13,19H,2-5,8-11H2,1H3. The highest BCUT2D eigenvalue weighted by Gasteiger charge is 2.25. The summed E-state index contributed by atoms with van der Waals surface area (Å²) in [6.45, 7) is 3.08. The van der Waals surface area contributed by atoms with Crippen LogP contribution < -0.4 is 14.8 Å². The zero-order chi connectivity index (χ0) is 14.7. The number of ether oxygens (including phenoxy) is 2. The van der Waals surface area contributed by atoms with Gasteiger partial charge in [-0.1, -0.05) is 15.9 Å². The van der Waals surface area contributed by atoms with Crippen molar-refractivity contribution in [2.75, 3.05) is 26.8 Å². The molecule has 1 unspecified atom stereocenters. The van der Waals surface area contributed by atoms with Crippen LogP contribution in [0.15, 0.2) is 16.6 Å². The fourth-order valence-electron chi connectivity index (χ4n) is 2.96. The van der Waals surface area contributed by atoms with Gasteiger partial charge in [0.2, 0.25) is 0 Å². The van der Waals surface area contributed by atoms with Crippen LogP contribution in [-0.2, 0) is 6.42 Å². The van der Waals surface area contributed by atoms with E-state index in [2.05, 4.69) is 27.3 Å². The Balaban J connectivity index is 1.80. The molecule has 21 heavy (non-hydrogen) atoms. The summed E-state index contributed by atoms with van der Waals surface area (Å²) in [5, 5.41) is 3.50. The number of benzene rings is 1. The minimum Gasteiger partial charge on any atom is -0.493 e. The number of hydrogen-bond donors (Lipinski definition) is 1. The molecule has 0 spiro atoms. The zero-order valence-corrected chi connectivity index (χ0v) is 14.2. The molecule has 2 fully saturated rings. The van der Waals surface area contributed by atoms with Crippen LogP contribution in [0.25, 0.3) is 0 Å². The van der Waals surface area contributed by atoms with Gasteiger partial charge in [-0.15, -0.1) is 0 Å². The highest BCUT2D eigenvalue weighted by atomic mass is 79.9. The van der Waals surface area contributed by atoms with Crippen LogP contribution in [-0.4, -0.2) is 26.8 Å². The Morgan fingerprint density at radius 1 is 1.24 bits per heavy atom. The zero-order valence-electron chi connectivity index (χ0n) is 12.7. The molecule has 0 amide bonds. The number of hydrogen-bond acceptors (Lipinski definition) is 3. The quantitative estimate of drug-likeness (QED) is 0.843. The summed E-state index contributed by atoms with van der Waals surface area (Å²) >= 11 is 3.70. The molecule has 1 saturated carbocycles. The van der Waals surface area contributed by atoms with Gasteiger partial charge < -0.3 is 14.8 Å². The van der Waals surface area contributed by atoms with Gasteiger partial charge in [-0.05, 0) is 69.2 Å². The summed E-state index contributed by atoms with van der Waals surface area (Å²) < 4.78 is 12.8. The molecule has 116 valence electrons. The first-order valence-corrected chi connectivity index (χ1v) is 8.76. The molecule has 0 radical (unpaired) electrons. The summed E-state index contributed by atoms with van der Waals surface area (Å²) in [6, 6.07) is 4.07. The molecule has 4 heteroatoms. The maximum Gasteiger partial charge on any atom is 0.165 e. The minimum absolute atomic E-state index is 0.686. The second-order valence-corrected chi connectivity index (χ2v) is 7.08. The minimum atomic E-state index is 0.686. The van der Waals surface area contributed by atoms with Crippen LogP contribution in [0.3, 0.4) is 0 Å². The first-order chi connectivity index (χ1) is 10.3. The average molecular weight is 354 g/mol. The molecule has 1 aliphatic carbocycles. The Morgan fingerprint density at radius 3 is 2.76 bits per heavy atom. The molecule has 1 aromatic rings. The molecule has 2 aliphatic rings. The van der Waals surface area contributed by atoms with Gasteiger partial charge in [-0.3, -0.25) is 0 Å². The van der Waals surface area contributed by atoms with Crippen molar-refractivity contribution >= 4 is 15.9 Å². The van der Waals surface area contributed by atoms with E-state index in [1.54, 1.807) is 7.11 Å². The lowest BCUT2D eigenvalue weighted by atomic mass is 9.92. The van der Waals surface area contributed by atoms with Gasteiger partial charge in [0.1, 0.15) is 0 Å². The first-order valence-electron chi connectivity index (χ1n) is 7.96. The third-order valence-corrected chi connectivity index (χ3v) is 5.18. The van der Waals surface area contributed by atoms with Crippen molar-refractivity contribution in [3.8, 4) is 11.5 Å². The topological polar surface area (TPSA) is 30.5 Å². The second-order valence-electron chi connectivity index (χ2n) is 6.23. The fourth-order valence-corrected chi connectivity index (χ4v) is 3.44. The van der Waals surface area contributed by atoms with E-state index in [1.165, 1.54) is 31.2 Å². The Kier molecular flexibility index (Phi) is 5.07. The predicted octanol–water partition coefficient (Wildman–Crippen LogP) is 3.79. The molecule has 1 aliphatic heterocycles. The molecular weight excluding hydrogens is 330 g/mol. The van der Waals surface area contributed by atoms with E-state index >= 15 is 0 Å². The molecule has 1 aromatic carbocycles. The smallest absolute Gasteiger partial charge is 0.165 e. The number of piperidine rings is 1. The van der Waals surface area contributed by atoms with E-state index in [-0.39, 0.29) is 0 Å². The molecule has 1 atom stereocenters. The largest absolute Gasteiger partial charge is 0.493 e. The van der Waals surface area contributed by atoms with Crippen molar-refractivity contribution < 1.29 is 9.47 Å². The van der Waals surface area contributed by atoms with Gasteiger partial charge in [-0.2, -0.15) is 0 Å². The van der Waals surface area contributed by atoms with Crippen molar-refractivity contribution in [2.45, 2.75) is 32.1 Å². The van der Waals surface area contributed by atoms with E-state index in [9.17, 15) is 0 Å². The Bertz CT molecular complexity index is 482. The molecule has 1 N–H and O–H groups in total. The van der Waals surface area contributed by atoms with E-state index in [1.807, 2.05) is 6.07 Å². The van der Waals surface area contributed by atoms with Crippen molar-refractivity contribution in [3.63, 3.8) is 0 Å². The van der Waals surface area contributed by atoms with Gasteiger partial charge in [0, 0.05) is 10.0 Å². The first kappa shape index (κ1) is 15.2. The van der Waals surface area contributed by atoms with Crippen LogP contribution >= 0.6 is 15.9 Å². The number of methoxy groups -OCH3 is 1. The maximum absolute atomic E-state index is 6.13. The Morgan fingerprint density at radius 2 is 2.10 bits per heavy atom. The third-order valence-electron chi connectivity index (χ3n) is 4.44. The highest BCUT2D eigenvalue weighted by molar-refractivity contribution is 9.10. The van der Waals surface area contributed by atoms with Crippen LogP contribution in [0.5, 0.6) is 11.5 Å². The Labute approximate surface area is 135 Å². The van der Waals surface area contributed by atoms with Gasteiger partial charge >= 0.3 is 0 Å². The van der Waals surface area contributed by atoms with E-state index < -0.39 is 0 Å². The third kappa shape index (κ3) is 3.92. The van der Waals surface area contributed by atoms with E-state index in [4.69, 9.17) is 9.47 Å². The van der Waals surface area contributed by atoms with Crippen LogP contribution in [0.1, 0.15) is 31.2 Å². The van der Waals surface area contributed by atoms with E-state index in [0.29, 0.717) is 5.92 Å². The lowest BCUT2D eigenvalue weighted by Gasteiger charge is -2.25. The molecular formula is C17H24BrNO2. The molecule has 1 saturated heterocycles. The average Bonchev–Trinajstić information content (AvgIpc) is 3.33. The normalized spacial score (nSPS) is 22.1. The molecule has 0 aromatic heterocycles. The monoisotopic (exact) mass is 353 g/mol. The molecule has 3 nitrogen and oxygen atoms in total. The van der Waals surface area contributed by atoms with Crippen LogP contribution in [0.4, 0.5) is 0 Å². The van der Waals surface area contributed by atoms with Crippen LogP contribution in [0.2, 0.25) is 0 Å². The van der Waals surface area contributed by atoms with Gasteiger partial charge in [0.15, 0.2) is 11.5 Å². The molecule has 1 heterocycles. The lowest BCUT2D eigenvalue weighted by molar-refractivity contribution is 0.274. The second kappa shape index (κ2) is 7.01. The van der Waals surface area contributed by atoms with Gasteiger partial charge in [0.05, 0.1) is 13.7 Å². The van der Waals surface area contributed by atoms with Crippen LogP contribution in [0, 0.1) is 11.8 Å².